The Morgan fingerprint density at radius 2 is 1.92 bits per heavy atom. The molecule has 0 aliphatic carbocycles. The molecule has 7 nitrogen and oxygen atoms in total. The van der Waals surface area contributed by atoms with Crippen LogP contribution in [-0.4, -0.2) is 49.8 Å². The fraction of sp³-hybridized carbons (Fsp3) is 0.444. The van der Waals surface area contributed by atoms with Gasteiger partial charge in [-0.25, -0.2) is 19.0 Å². The van der Waals surface area contributed by atoms with Crippen molar-refractivity contribution < 1.29 is 9.50 Å². The summed E-state index contributed by atoms with van der Waals surface area (Å²) in [6.45, 7) is 5.70. The van der Waals surface area contributed by atoms with E-state index in [2.05, 4.69) is 27.2 Å². The van der Waals surface area contributed by atoms with Crippen LogP contribution >= 0.6 is 0 Å². The van der Waals surface area contributed by atoms with Gasteiger partial charge in [-0.3, -0.25) is 0 Å². The molecule has 0 saturated heterocycles. The fourth-order valence-corrected chi connectivity index (χ4v) is 2.83. The highest BCUT2D eigenvalue weighted by molar-refractivity contribution is 5.83. The van der Waals surface area contributed by atoms with Crippen molar-refractivity contribution in [2.24, 2.45) is 0 Å². The van der Waals surface area contributed by atoms with Crippen molar-refractivity contribution in [2.45, 2.75) is 33.2 Å². The number of anilines is 1. The Balaban J connectivity index is 1.98. The predicted molar refractivity (Wildman–Crippen MR) is 97.6 cm³/mol. The van der Waals surface area contributed by atoms with Gasteiger partial charge in [-0.05, 0) is 31.0 Å². The summed E-state index contributed by atoms with van der Waals surface area (Å²) in [7, 11) is 0. The number of aliphatic hydroxyl groups is 1. The number of aromatic nitrogens is 5. The fourth-order valence-electron chi connectivity index (χ4n) is 2.83. The molecular weight excluding hydrogens is 335 g/mol. The number of hydrogen-bond donors (Lipinski definition) is 1. The zero-order valence-corrected chi connectivity index (χ0v) is 15.1. The predicted octanol–water partition coefficient (Wildman–Crippen LogP) is 2.32. The molecule has 0 amide bonds. The standard InChI is InChI=1S/C18H23FN6O/c1-3-4-9-24(10-11-26)17-16-18(21-13(2)20-17)25(23-22-16)12-14-5-7-15(19)8-6-14/h5-8,26H,3-4,9-12H2,1-2H3. The van der Waals surface area contributed by atoms with Crippen LogP contribution in [0.5, 0.6) is 0 Å². The molecule has 1 aromatic carbocycles. The quantitative estimate of drug-likeness (QED) is 0.666. The second-order valence-corrected chi connectivity index (χ2v) is 6.20. The van der Waals surface area contributed by atoms with Gasteiger partial charge in [-0.2, -0.15) is 0 Å². The minimum atomic E-state index is -0.270. The van der Waals surface area contributed by atoms with Crippen molar-refractivity contribution in [3.05, 3.63) is 41.5 Å². The monoisotopic (exact) mass is 358 g/mol. The van der Waals surface area contributed by atoms with Gasteiger partial charge in [0.05, 0.1) is 13.2 Å². The molecule has 0 fully saturated rings. The highest BCUT2D eigenvalue weighted by Crippen LogP contribution is 2.22. The van der Waals surface area contributed by atoms with Crippen molar-refractivity contribution in [2.75, 3.05) is 24.6 Å². The van der Waals surface area contributed by atoms with Crippen LogP contribution in [0.25, 0.3) is 11.2 Å². The second-order valence-electron chi connectivity index (χ2n) is 6.20. The molecule has 1 N–H and O–H groups in total. The van der Waals surface area contributed by atoms with Gasteiger partial charge >= 0.3 is 0 Å². The third-order valence-corrected chi connectivity index (χ3v) is 4.15. The summed E-state index contributed by atoms with van der Waals surface area (Å²) in [6, 6.07) is 6.29. The van der Waals surface area contributed by atoms with Gasteiger partial charge in [0.25, 0.3) is 0 Å². The van der Waals surface area contributed by atoms with E-state index in [1.54, 1.807) is 16.8 Å². The van der Waals surface area contributed by atoms with Crippen molar-refractivity contribution in [1.29, 1.82) is 0 Å². The van der Waals surface area contributed by atoms with Gasteiger partial charge in [0, 0.05) is 13.1 Å². The lowest BCUT2D eigenvalue weighted by Gasteiger charge is -2.22. The zero-order valence-electron chi connectivity index (χ0n) is 15.1. The molecule has 0 aliphatic heterocycles. The molecular formula is C18H23FN6O. The molecule has 138 valence electrons. The van der Waals surface area contributed by atoms with Crippen molar-refractivity contribution in [1.82, 2.24) is 25.0 Å². The molecule has 2 aromatic heterocycles. The number of nitrogens with zero attached hydrogens (tertiary/aromatic N) is 6. The SMILES string of the molecule is CCCCN(CCO)c1nc(C)nc2c1nnn2Cc1ccc(F)cc1. The maximum atomic E-state index is 13.1. The Bertz CT molecular complexity index is 864. The molecule has 3 aromatic rings. The summed E-state index contributed by atoms with van der Waals surface area (Å²) in [5.41, 5.74) is 2.16. The van der Waals surface area contributed by atoms with E-state index in [4.69, 9.17) is 0 Å². The molecule has 0 saturated carbocycles. The number of fused-ring (bicyclic) bond motifs is 1. The maximum absolute atomic E-state index is 13.1. The van der Waals surface area contributed by atoms with Crippen LogP contribution in [0.1, 0.15) is 31.2 Å². The highest BCUT2D eigenvalue weighted by Gasteiger charge is 2.18. The number of aryl methyl sites for hydroxylation is 1. The minimum absolute atomic E-state index is 0.0397. The highest BCUT2D eigenvalue weighted by atomic mass is 19.1. The average Bonchev–Trinajstić information content (AvgIpc) is 3.02. The van der Waals surface area contributed by atoms with E-state index in [1.165, 1.54) is 12.1 Å². The van der Waals surface area contributed by atoms with E-state index in [9.17, 15) is 9.50 Å². The Labute approximate surface area is 151 Å². The van der Waals surface area contributed by atoms with Crippen molar-refractivity contribution >= 4 is 17.0 Å². The molecule has 0 aliphatic rings. The molecule has 0 spiro atoms. The first kappa shape index (κ1) is 18.2. The van der Waals surface area contributed by atoms with Crippen molar-refractivity contribution in [3.63, 3.8) is 0 Å². The topological polar surface area (TPSA) is 80.0 Å². The summed E-state index contributed by atoms with van der Waals surface area (Å²) < 4.78 is 14.8. The largest absolute Gasteiger partial charge is 0.395 e. The first-order chi connectivity index (χ1) is 12.6. The zero-order chi connectivity index (χ0) is 18.5. The molecule has 2 heterocycles. The molecule has 0 radical (unpaired) electrons. The lowest BCUT2D eigenvalue weighted by molar-refractivity contribution is 0.301. The summed E-state index contributed by atoms with van der Waals surface area (Å²) in [4.78, 5) is 11.1. The Morgan fingerprint density at radius 1 is 1.15 bits per heavy atom. The summed E-state index contributed by atoms with van der Waals surface area (Å²) in [5.74, 6) is 1.04. The Kier molecular flexibility index (Phi) is 5.72. The molecule has 0 atom stereocenters. The maximum Gasteiger partial charge on any atom is 0.184 e. The van der Waals surface area contributed by atoms with Crippen LogP contribution in [0.15, 0.2) is 24.3 Å². The number of aliphatic hydroxyl groups excluding tert-OH is 1. The minimum Gasteiger partial charge on any atom is -0.395 e. The first-order valence-corrected chi connectivity index (χ1v) is 8.80. The summed E-state index contributed by atoms with van der Waals surface area (Å²) in [5, 5.41) is 17.9. The van der Waals surface area contributed by atoms with Crippen molar-refractivity contribution in [3.8, 4) is 0 Å². The van der Waals surface area contributed by atoms with Crippen LogP contribution in [0.4, 0.5) is 10.2 Å². The lowest BCUT2D eigenvalue weighted by atomic mass is 10.2. The normalized spacial score (nSPS) is 11.2. The summed E-state index contributed by atoms with van der Waals surface area (Å²) in [6.07, 6.45) is 2.04. The third kappa shape index (κ3) is 3.96. The molecule has 0 bridgehead atoms. The summed E-state index contributed by atoms with van der Waals surface area (Å²) >= 11 is 0. The van der Waals surface area contributed by atoms with Crippen LogP contribution in [-0.2, 0) is 6.54 Å². The van der Waals surface area contributed by atoms with Gasteiger partial charge in [-0.1, -0.05) is 30.7 Å². The molecule has 26 heavy (non-hydrogen) atoms. The van der Waals surface area contributed by atoms with Crippen LogP contribution < -0.4 is 4.90 Å². The van der Waals surface area contributed by atoms with Gasteiger partial charge in [0.2, 0.25) is 0 Å². The molecule has 3 rings (SSSR count). The number of rotatable bonds is 8. The van der Waals surface area contributed by atoms with Gasteiger partial charge in [0.1, 0.15) is 11.6 Å². The Hall–Kier alpha value is -2.61. The number of hydrogen-bond acceptors (Lipinski definition) is 6. The van der Waals surface area contributed by atoms with Gasteiger partial charge in [-0.15, -0.1) is 5.10 Å². The van der Waals surface area contributed by atoms with Gasteiger partial charge < -0.3 is 10.0 Å². The average molecular weight is 358 g/mol. The van der Waals surface area contributed by atoms with E-state index in [0.29, 0.717) is 35.9 Å². The first-order valence-electron chi connectivity index (χ1n) is 8.80. The number of halogens is 1. The third-order valence-electron chi connectivity index (χ3n) is 4.15. The number of benzene rings is 1. The van der Waals surface area contributed by atoms with Crippen LogP contribution in [0, 0.1) is 12.7 Å². The smallest absolute Gasteiger partial charge is 0.184 e. The van der Waals surface area contributed by atoms with E-state index in [-0.39, 0.29) is 12.4 Å². The van der Waals surface area contributed by atoms with E-state index >= 15 is 0 Å². The van der Waals surface area contributed by atoms with Gasteiger partial charge in [0.15, 0.2) is 17.0 Å². The second kappa shape index (κ2) is 8.18. The van der Waals surface area contributed by atoms with E-state index in [0.717, 1.165) is 24.9 Å². The molecule has 8 heteroatoms. The lowest BCUT2D eigenvalue weighted by Crippen LogP contribution is -2.29. The van der Waals surface area contributed by atoms with E-state index in [1.807, 2.05) is 11.8 Å². The van der Waals surface area contributed by atoms with Crippen LogP contribution in [0.2, 0.25) is 0 Å². The number of unbranched alkanes of at least 4 members (excludes halogenated alkanes) is 1. The van der Waals surface area contributed by atoms with Crippen LogP contribution in [0.3, 0.4) is 0 Å². The molecule has 0 unspecified atom stereocenters. The van der Waals surface area contributed by atoms with E-state index < -0.39 is 0 Å². The Morgan fingerprint density at radius 3 is 2.62 bits per heavy atom.